The minimum absolute atomic E-state index is 0.0873. The lowest BCUT2D eigenvalue weighted by atomic mass is 9.85. The van der Waals surface area contributed by atoms with Gasteiger partial charge in [-0.25, -0.2) is 0 Å². The molecule has 1 heterocycles. The Morgan fingerprint density at radius 1 is 1.09 bits per heavy atom. The Hall–Kier alpha value is -2.80. The first-order valence-electron chi connectivity index (χ1n) is 7.18. The van der Waals surface area contributed by atoms with E-state index in [1.807, 2.05) is 54.6 Å². The summed E-state index contributed by atoms with van der Waals surface area (Å²) < 4.78 is 11.0. The van der Waals surface area contributed by atoms with E-state index in [0.29, 0.717) is 0 Å². The van der Waals surface area contributed by atoms with Gasteiger partial charge in [0.15, 0.2) is 0 Å². The lowest BCUT2D eigenvalue weighted by Gasteiger charge is -2.27. The number of hydrogen-bond donors (Lipinski definition) is 0. The molecule has 0 unspecified atom stereocenters. The molecule has 0 amide bonds. The molecule has 3 rings (SSSR count). The van der Waals surface area contributed by atoms with Crippen molar-refractivity contribution in [2.75, 3.05) is 6.61 Å². The van der Waals surface area contributed by atoms with Crippen molar-refractivity contribution < 1.29 is 14.3 Å². The first kappa shape index (κ1) is 14.2. The SMILES string of the molecule is N#CCCOC(=O)CC1c2ccccc2Oc2ccccc21. The van der Waals surface area contributed by atoms with Crippen LogP contribution in [0.2, 0.25) is 0 Å². The van der Waals surface area contributed by atoms with Crippen molar-refractivity contribution in [3.8, 4) is 17.6 Å². The molecule has 0 fully saturated rings. The number of rotatable bonds is 4. The fourth-order valence-corrected chi connectivity index (χ4v) is 2.66. The van der Waals surface area contributed by atoms with Gasteiger partial charge in [0.05, 0.1) is 18.9 Å². The average Bonchev–Trinajstić information content (AvgIpc) is 2.55. The summed E-state index contributed by atoms with van der Waals surface area (Å²) in [5.41, 5.74) is 1.97. The van der Waals surface area contributed by atoms with Gasteiger partial charge in [-0.1, -0.05) is 36.4 Å². The van der Waals surface area contributed by atoms with E-state index in [-0.39, 0.29) is 31.3 Å². The van der Waals surface area contributed by atoms with Crippen LogP contribution in [-0.2, 0) is 9.53 Å². The number of para-hydroxylation sites is 2. The lowest BCUT2D eigenvalue weighted by Crippen LogP contribution is -2.16. The van der Waals surface area contributed by atoms with Crippen molar-refractivity contribution in [3.05, 3.63) is 59.7 Å². The molecule has 22 heavy (non-hydrogen) atoms. The zero-order chi connectivity index (χ0) is 15.4. The summed E-state index contributed by atoms with van der Waals surface area (Å²) in [4.78, 5) is 12.0. The third-order valence-electron chi connectivity index (χ3n) is 3.66. The maximum atomic E-state index is 12.0. The summed E-state index contributed by atoms with van der Waals surface area (Å²) in [6.07, 6.45) is 0.454. The summed E-state index contributed by atoms with van der Waals surface area (Å²) in [6.45, 7) is 0.141. The maximum absolute atomic E-state index is 12.0. The van der Waals surface area contributed by atoms with Gasteiger partial charge in [-0.3, -0.25) is 4.79 Å². The third-order valence-corrected chi connectivity index (χ3v) is 3.66. The minimum Gasteiger partial charge on any atom is -0.465 e. The molecule has 0 saturated heterocycles. The Kier molecular flexibility index (Phi) is 4.06. The van der Waals surface area contributed by atoms with Crippen molar-refractivity contribution in [2.45, 2.75) is 18.8 Å². The highest BCUT2D eigenvalue weighted by atomic mass is 16.5. The van der Waals surface area contributed by atoms with Gasteiger partial charge in [-0.2, -0.15) is 5.26 Å². The van der Waals surface area contributed by atoms with Crippen molar-refractivity contribution in [1.82, 2.24) is 0 Å². The summed E-state index contributed by atoms with van der Waals surface area (Å²) in [5, 5.41) is 8.50. The second-order valence-electron chi connectivity index (χ2n) is 5.06. The number of benzene rings is 2. The molecule has 1 aliphatic heterocycles. The van der Waals surface area contributed by atoms with E-state index in [0.717, 1.165) is 22.6 Å². The van der Waals surface area contributed by atoms with E-state index in [2.05, 4.69) is 0 Å². The van der Waals surface area contributed by atoms with Gasteiger partial charge in [-0.15, -0.1) is 0 Å². The highest BCUT2D eigenvalue weighted by molar-refractivity contribution is 5.72. The van der Waals surface area contributed by atoms with Gasteiger partial charge in [0, 0.05) is 17.0 Å². The highest BCUT2D eigenvalue weighted by Gasteiger charge is 2.29. The van der Waals surface area contributed by atoms with Gasteiger partial charge in [0.2, 0.25) is 0 Å². The summed E-state index contributed by atoms with van der Waals surface area (Å²) in [7, 11) is 0. The zero-order valence-electron chi connectivity index (χ0n) is 12.0. The Morgan fingerprint density at radius 3 is 2.27 bits per heavy atom. The van der Waals surface area contributed by atoms with Crippen LogP contribution in [0.1, 0.15) is 29.9 Å². The number of fused-ring (bicyclic) bond motifs is 2. The topological polar surface area (TPSA) is 59.3 Å². The molecule has 0 saturated carbocycles. The van der Waals surface area contributed by atoms with Crippen LogP contribution in [0.5, 0.6) is 11.5 Å². The molecular formula is C18H15NO3. The van der Waals surface area contributed by atoms with Crippen LogP contribution in [0.15, 0.2) is 48.5 Å². The predicted octanol–water partition coefficient (Wildman–Crippen LogP) is 3.77. The molecule has 0 bridgehead atoms. The van der Waals surface area contributed by atoms with Crippen LogP contribution in [0, 0.1) is 11.3 Å². The number of esters is 1. The molecule has 110 valence electrons. The van der Waals surface area contributed by atoms with Crippen LogP contribution >= 0.6 is 0 Å². The standard InChI is InChI=1S/C18H15NO3/c19-10-5-11-21-18(20)12-15-13-6-1-3-8-16(13)22-17-9-4-2-7-14(15)17/h1-4,6-9,15H,5,11-12H2. The van der Waals surface area contributed by atoms with Gasteiger partial charge in [-0.05, 0) is 12.1 Å². The predicted molar refractivity (Wildman–Crippen MR) is 80.6 cm³/mol. The molecule has 0 aromatic heterocycles. The summed E-state index contributed by atoms with van der Waals surface area (Å²) in [5.74, 6) is 1.16. The van der Waals surface area contributed by atoms with Gasteiger partial charge >= 0.3 is 5.97 Å². The average molecular weight is 293 g/mol. The minimum atomic E-state index is -0.299. The molecule has 0 atom stereocenters. The second kappa shape index (κ2) is 6.31. The van der Waals surface area contributed by atoms with Crippen LogP contribution in [0.25, 0.3) is 0 Å². The van der Waals surface area contributed by atoms with Crippen LogP contribution in [0.3, 0.4) is 0 Å². The van der Waals surface area contributed by atoms with Gasteiger partial charge in [0.1, 0.15) is 18.1 Å². The lowest BCUT2D eigenvalue weighted by molar-refractivity contribution is -0.143. The molecule has 4 nitrogen and oxygen atoms in total. The number of hydrogen-bond acceptors (Lipinski definition) is 4. The molecule has 2 aromatic rings. The Morgan fingerprint density at radius 2 is 1.68 bits per heavy atom. The van der Waals surface area contributed by atoms with Crippen molar-refractivity contribution in [1.29, 1.82) is 5.26 Å². The second-order valence-corrected chi connectivity index (χ2v) is 5.06. The van der Waals surface area contributed by atoms with Gasteiger partial charge in [0.25, 0.3) is 0 Å². The van der Waals surface area contributed by atoms with Crippen LogP contribution < -0.4 is 4.74 Å². The van der Waals surface area contributed by atoms with E-state index < -0.39 is 0 Å². The van der Waals surface area contributed by atoms with Crippen LogP contribution in [-0.4, -0.2) is 12.6 Å². The highest BCUT2D eigenvalue weighted by Crippen LogP contribution is 2.45. The van der Waals surface area contributed by atoms with E-state index in [1.54, 1.807) is 0 Å². The third kappa shape index (κ3) is 2.79. The van der Waals surface area contributed by atoms with Crippen molar-refractivity contribution in [2.24, 2.45) is 0 Å². The number of carbonyl (C=O) groups is 1. The number of nitriles is 1. The largest absolute Gasteiger partial charge is 0.465 e. The Labute approximate surface area is 128 Å². The maximum Gasteiger partial charge on any atom is 0.306 e. The fraction of sp³-hybridized carbons (Fsp3) is 0.222. The molecule has 0 radical (unpaired) electrons. The molecule has 1 aliphatic rings. The quantitative estimate of drug-likeness (QED) is 0.636. The van der Waals surface area contributed by atoms with E-state index in [1.165, 1.54) is 0 Å². The van der Waals surface area contributed by atoms with E-state index in [4.69, 9.17) is 14.7 Å². The molecule has 0 N–H and O–H groups in total. The number of ether oxygens (including phenoxy) is 2. The molecular weight excluding hydrogens is 278 g/mol. The normalized spacial score (nSPS) is 12.5. The molecule has 0 aliphatic carbocycles. The summed E-state index contributed by atoms with van der Waals surface area (Å²) >= 11 is 0. The molecule has 0 spiro atoms. The first-order valence-corrected chi connectivity index (χ1v) is 7.18. The van der Waals surface area contributed by atoms with Crippen LogP contribution in [0.4, 0.5) is 0 Å². The summed E-state index contributed by atoms with van der Waals surface area (Å²) in [6, 6.07) is 17.4. The number of carbonyl (C=O) groups excluding carboxylic acids is 1. The van der Waals surface area contributed by atoms with E-state index in [9.17, 15) is 4.79 Å². The molecule has 4 heteroatoms. The fourth-order valence-electron chi connectivity index (χ4n) is 2.66. The first-order chi connectivity index (χ1) is 10.8. The van der Waals surface area contributed by atoms with E-state index >= 15 is 0 Å². The Bertz CT molecular complexity index is 688. The number of nitrogens with zero attached hydrogens (tertiary/aromatic N) is 1. The Balaban J connectivity index is 1.87. The van der Waals surface area contributed by atoms with Crippen molar-refractivity contribution in [3.63, 3.8) is 0 Å². The zero-order valence-corrected chi connectivity index (χ0v) is 12.0. The molecule has 2 aromatic carbocycles. The smallest absolute Gasteiger partial charge is 0.306 e. The van der Waals surface area contributed by atoms with Crippen molar-refractivity contribution >= 4 is 5.97 Å². The van der Waals surface area contributed by atoms with Gasteiger partial charge < -0.3 is 9.47 Å². The monoisotopic (exact) mass is 293 g/mol.